The van der Waals surface area contributed by atoms with Crippen LogP contribution in [-0.2, 0) is 13.0 Å². The summed E-state index contributed by atoms with van der Waals surface area (Å²) < 4.78 is 29.7. The van der Waals surface area contributed by atoms with Crippen molar-refractivity contribution in [1.29, 1.82) is 0 Å². The second-order valence-electron chi connectivity index (χ2n) is 10.7. The van der Waals surface area contributed by atoms with E-state index in [1.807, 2.05) is 0 Å². The van der Waals surface area contributed by atoms with Gasteiger partial charge in [-0.1, -0.05) is 24.1 Å². The van der Waals surface area contributed by atoms with Gasteiger partial charge >= 0.3 is 0 Å². The molecule has 188 valence electrons. The molecule has 36 heavy (non-hydrogen) atoms. The highest BCUT2D eigenvalue weighted by Gasteiger charge is 2.55. The molecule has 3 aromatic rings. The Morgan fingerprint density at radius 2 is 1.97 bits per heavy atom. The van der Waals surface area contributed by atoms with Crippen LogP contribution in [0.5, 0.6) is 0 Å². The molecule has 5 heterocycles. The number of pyridine rings is 1. The predicted molar refractivity (Wildman–Crippen MR) is 139 cm³/mol. The van der Waals surface area contributed by atoms with Crippen LogP contribution in [0.25, 0.3) is 10.9 Å². The number of benzene rings is 1. The second kappa shape index (κ2) is 8.49. The normalized spacial score (nSPS) is 21.5. The summed E-state index contributed by atoms with van der Waals surface area (Å²) in [5.41, 5.74) is 4.28. The summed E-state index contributed by atoms with van der Waals surface area (Å²) in [6, 6.07) is 8.48. The van der Waals surface area contributed by atoms with E-state index >= 15 is 0 Å². The summed E-state index contributed by atoms with van der Waals surface area (Å²) in [6.07, 6.45) is 4.69. The molecule has 0 unspecified atom stereocenters. The lowest BCUT2D eigenvalue weighted by atomic mass is 9.72. The summed E-state index contributed by atoms with van der Waals surface area (Å²) in [5.74, 6) is 1.02. The SMILES string of the molecule is CSN1CCc2c(cccc2Nc2ncc3cc(C(F)F)nc(N4CC5(C4)CN(C4CC4)C5)c3n2)C1. The van der Waals surface area contributed by atoms with Crippen LogP contribution in [0.4, 0.5) is 26.2 Å². The molecule has 1 aliphatic carbocycles. The molecule has 7 nitrogen and oxygen atoms in total. The minimum Gasteiger partial charge on any atom is -0.353 e. The first-order valence-corrected chi connectivity index (χ1v) is 13.8. The number of halogens is 2. The number of nitrogens with one attached hydrogen (secondary N) is 1. The fraction of sp³-hybridized carbons (Fsp3) is 0.500. The third kappa shape index (κ3) is 3.90. The number of likely N-dealkylation sites (tertiary alicyclic amines) is 1. The minimum absolute atomic E-state index is 0.216. The number of rotatable bonds is 6. The van der Waals surface area contributed by atoms with E-state index in [4.69, 9.17) is 4.98 Å². The van der Waals surface area contributed by atoms with E-state index in [9.17, 15) is 8.78 Å². The molecule has 1 N–H and O–H groups in total. The fourth-order valence-corrected chi connectivity index (χ4v) is 6.58. The lowest BCUT2D eigenvalue weighted by Crippen LogP contribution is -2.72. The van der Waals surface area contributed by atoms with Crippen LogP contribution in [0.1, 0.15) is 36.1 Å². The quantitative estimate of drug-likeness (QED) is 0.483. The van der Waals surface area contributed by atoms with Gasteiger partial charge in [-0.2, -0.15) is 0 Å². The highest BCUT2D eigenvalue weighted by atomic mass is 32.2. The Labute approximate surface area is 213 Å². The predicted octanol–water partition coefficient (Wildman–Crippen LogP) is 4.63. The molecule has 2 saturated heterocycles. The Bertz CT molecular complexity index is 1320. The smallest absolute Gasteiger partial charge is 0.280 e. The number of alkyl halides is 2. The number of fused-ring (bicyclic) bond motifs is 2. The van der Waals surface area contributed by atoms with E-state index in [1.165, 1.54) is 30.0 Å². The van der Waals surface area contributed by atoms with Gasteiger partial charge in [-0.25, -0.2) is 28.0 Å². The highest BCUT2D eigenvalue weighted by Crippen LogP contribution is 2.47. The van der Waals surface area contributed by atoms with E-state index in [0.717, 1.165) is 57.4 Å². The maximum atomic E-state index is 13.7. The Balaban J connectivity index is 1.18. The highest BCUT2D eigenvalue weighted by molar-refractivity contribution is 7.96. The van der Waals surface area contributed by atoms with Gasteiger partial charge in [0.2, 0.25) is 5.95 Å². The molecule has 7 rings (SSSR count). The van der Waals surface area contributed by atoms with Crippen LogP contribution >= 0.6 is 11.9 Å². The second-order valence-corrected chi connectivity index (χ2v) is 11.5. The molecule has 0 amide bonds. The van der Waals surface area contributed by atoms with Gasteiger partial charge in [-0.15, -0.1) is 0 Å². The summed E-state index contributed by atoms with van der Waals surface area (Å²) in [5, 5.41) is 4.01. The number of aromatic nitrogens is 3. The van der Waals surface area contributed by atoms with Gasteiger partial charge in [0.25, 0.3) is 6.43 Å². The number of nitrogens with zero attached hydrogens (tertiary/aromatic N) is 6. The van der Waals surface area contributed by atoms with Crippen LogP contribution in [0.3, 0.4) is 0 Å². The molecule has 1 aromatic carbocycles. The standard InChI is InChI=1S/C26H29F2N7S/c1-36-35-8-7-19-16(11-35)3-2-4-20(19)31-25-29-10-17-9-21(23(27)28)30-24(22(17)32-25)34-14-26(15-34)12-33(13-26)18-5-6-18/h2-4,9-10,18,23H,5-8,11-15H2,1H3,(H,29,31,32). The zero-order chi connectivity index (χ0) is 24.4. The van der Waals surface area contributed by atoms with Gasteiger partial charge in [-0.3, -0.25) is 4.90 Å². The third-order valence-electron chi connectivity index (χ3n) is 8.02. The molecule has 3 fully saturated rings. The van der Waals surface area contributed by atoms with Crippen molar-refractivity contribution in [3.63, 3.8) is 0 Å². The van der Waals surface area contributed by atoms with Crippen molar-refractivity contribution >= 4 is 40.3 Å². The van der Waals surface area contributed by atoms with E-state index in [2.05, 4.69) is 53.8 Å². The van der Waals surface area contributed by atoms with Crippen LogP contribution in [-0.4, -0.2) is 69.2 Å². The summed E-state index contributed by atoms with van der Waals surface area (Å²) in [7, 11) is 0. The van der Waals surface area contributed by atoms with E-state index in [0.29, 0.717) is 22.7 Å². The Kier molecular flexibility index (Phi) is 5.34. The van der Waals surface area contributed by atoms with Gasteiger partial charge in [0, 0.05) is 68.0 Å². The van der Waals surface area contributed by atoms with Crippen LogP contribution < -0.4 is 10.2 Å². The van der Waals surface area contributed by atoms with Gasteiger partial charge in [0.1, 0.15) is 11.2 Å². The lowest BCUT2D eigenvalue weighted by Gasteiger charge is -2.61. The van der Waals surface area contributed by atoms with Crippen molar-refractivity contribution in [3.8, 4) is 0 Å². The first kappa shape index (κ1) is 22.6. The van der Waals surface area contributed by atoms with Crippen molar-refractivity contribution in [2.75, 3.05) is 49.2 Å². The molecule has 0 atom stereocenters. The van der Waals surface area contributed by atoms with Gasteiger partial charge in [0.05, 0.1) is 0 Å². The third-order valence-corrected chi connectivity index (χ3v) is 8.85. The van der Waals surface area contributed by atoms with Crippen molar-refractivity contribution in [2.24, 2.45) is 5.41 Å². The van der Waals surface area contributed by atoms with E-state index in [-0.39, 0.29) is 11.1 Å². The molecule has 1 saturated carbocycles. The average Bonchev–Trinajstić information content (AvgIpc) is 3.67. The number of hydrogen-bond acceptors (Lipinski definition) is 8. The van der Waals surface area contributed by atoms with E-state index in [1.54, 1.807) is 18.1 Å². The van der Waals surface area contributed by atoms with E-state index < -0.39 is 6.43 Å². The Morgan fingerprint density at radius 3 is 2.72 bits per heavy atom. The lowest BCUT2D eigenvalue weighted by molar-refractivity contribution is -0.0277. The summed E-state index contributed by atoms with van der Waals surface area (Å²) >= 11 is 1.77. The first-order chi connectivity index (χ1) is 17.5. The molecule has 1 spiro atoms. The van der Waals surface area contributed by atoms with Crippen LogP contribution in [0, 0.1) is 5.41 Å². The molecular formula is C26H29F2N7S. The topological polar surface area (TPSA) is 60.4 Å². The van der Waals surface area contributed by atoms with Crippen molar-refractivity contribution in [2.45, 2.75) is 38.3 Å². The molecule has 0 bridgehead atoms. The fourth-order valence-electron chi connectivity index (χ4n) is 6.04. The molecule has 4 aliphatic rings. The number of anilines is 3. The van der Waals surface area contributed by atoms with Gasteiger partial charge < -0.3 is 10.2 Å². The number of hydrogen-bond donors (Lipinski definition) is 1. The monoisotopic (exact) mass is 509 g/mol. The summed E-state index contributed by atoms with van der Waals surface area (Å²) in [4.78, 5) is 18.4. The van der Waals surface area contributed by atoms with Crippen LogP contribution in [0.15, 0.2) is 30.5 Å². The molecular weight excluding hydrogens is 480 g/mol. The largest absolute Gasteiger partial charge is 0.353 e. The maximum absolute atomic E-state index is 13.7. The Morgan fingerprint density at radius 1 is 1.14 bits per heavy atom. The summed E-state index contributed by atoms with van der Waals surface area (Å²) in [6.45, 7) is 5.80. The first-order valence-electron chi connectivity index (χ1n) is 12.6. The average molecular weight is 510 g/mol. The zero-order valence-electron chi connectivity index (χ0n) is 20.3. The van der Waals surface area contributed by atoms with Gasteiger partial charge in [0.15, 0.2) is 5.82 Å². The Hall–Kier alpha value is -2.56. The van der Waals surface area contributed by atoms with Crippen molar-refractivity contribution < 1.29 is 8.78 Å². The van der Waals surface area contributed by atoms with Crippen molar-refractivity contribution in [1.82, 2.24) is 24.2 Å². The van der Waals surface area contributed by atoms with Crippen molar-refractivity contribution in [3.05, 3.63) is 47.3 Å². The molecule has 3 aliphatic heterocycles. The minimum atomic E-state index is -2.63. The maximum Gasteiger partial charge on any atom is 0.280 e. The van der Waals surface area contributed by atoms with Crippen LogP contribution in [0.2, 0.25) is 0 Å². The van der Waals surface area contributed by atoms with Gasteiger partial charge in [-0.05, 0) is 48.8 Å². The zero-order valence-corrected chi connectivity index (χ0v) is 21.1. The molecule has 2 aromatic heterocycles. The molecule has 0 radical (unpaired) electrons. The molecule has 10 heteroatoms.